The summed E-state index contributed by atoms with van der Waals surface area (Å²) in [5, 5.41) is 0. The Bertz CT molecular complexity index is 1090. The van der Waals surface area contributed by atoms with Crippen LogP contribution in [0.4, 0.5) is 24.5 Å². The van der Waals surface area contributed by atoms with Gasteiger partial charge >= 0.3 is 6.18 Å². The molecule has 1 aromatic carbocycles. The maximum absolute atomic E-state index is 13.5. The summed E-state index contributed by atoms with van der Waals surface area (Å²) in [7, 11) is 0. The van der Waals surface area contributed by atoms with Crippen LogP contribution in [0, 0.1) is 18.4 Å². The molecule has 10 heteroatoms. The van der Waals surface area contributed by atoms with Crippen LogP contribution in [0.5, 0.6) is 0 Å². The highest BCUT2D eigenvalue weighted by molar-refractivity contribution is 6.23. The summed E-state index contributed by atoms with van der Waals surface area (Å²) in [6.45, 7) is 12.2. The molecule has 2 unspecified atom stereocenters. The van der Waals surface area contributed by atoms with E-state index in [0.717, 1.165) is 24.1 Å². The molecular formula is C23H22F3N3O4. The molecule has 33 heavy (non-hydrogen) atoms. The van der Waals surface area contributed by atoms with Crippen molar-refractivity contribution < 1.29 is 32.2 Å². The van der Waals surface area contributed by atoms with Crippen molar-refractivity contribution >= 4 is 23.2 Å². The first-order valence-electron chi connectivity index (χ1n) is 10.8. The van der Waals surface area contributed by atoms with E-state index in [4.69, 9.17) is 16.0 Å². The van der Waals surface area contributed by atoms with Crippen molar-refractivity contribution in [1.29, 1.82) is 0 Å². The van der Waals surface area contributed by atoms with Gasteiger partial charge in [0, 0.05) is 25.3 Å². The van der Waals surface area contributed by atoms with E-state index in [1.165, 1.54) is 6.07 Å². The number of alkyl halides is 3. The minimum atomic E-state index is -4.79. The lowest BCUT2D eigenvalue weighted by molar-refractivity contribution is -0.137. The van der Waals surface area contributed by atoms with E-state index >= 15 is 0 Å². The Labute approximate surface area is 188 Å². The van der Waals surface area contributed by atoms with E-state index < -0.39 is 52.3 Å². The molecule has 2 bridgehead atoms. The van der Waals surface area contributed by atoms with Crippen molar-refractivity contribution in [1.82, 2.24) is 4.90 Å². The van der Waals surface area contributed by atoms with Gasteiger partial charge in [-0.2, -0.15) is 13.2 Å². The van der Waals surface area contributed by atoms with Crippen molar-refractivity contribution in [3.63, 3.8) is 0 Å². The van der Waals surface area contributed by atoms with Crippen LogP contribution in [0.3, 0.4) is 0 Å². The number of amides is 2. The summed E-state index contributed by atoms with van der Waals surface area (Å²) in [5.74, 6) is -2.76. The summed E-state index contributed by atoms with van der Waals surface area (Å²) in [6.07, 6.45) is -0.665. The van der Waals surface area contributed by atoms with Gasteiger partial charge in [0.15, 0.2) is 5.69 Å². The standard InChI is InChI=1S/C23H22F3N3O4/c1-21-5-6-22(33-21,7-8-28-9-11-32-12-10-28)18-17(21)19(30)29(20(18)31)14-3-4-16(27-2)15(13-14)23(24,25)26/h3-6,13,17-18H,7-12H2,1H3/t17-,18+,21?,22?/m1/s1. The number of fused-ring (bicyclic) bond motifs is 5. The van der Waals surface area contributed by atoms with Crippen LogP contribution in [0.2, 0.25) is 0 Å². The predicted octanol–water partition coefficient (Wildman–Crippen LogP) is 3.18. The second-order valence-electron chi connectivity index (χ2n) is 9.06. The first-order chi connectivity index (χ1) is 15.6. The van der Waals surface area contributed by atoms with Crippen molar-refractivity contribution in [2.24, 2.45) is 11.8 Å². The number of rotatable bonds is 4. The first kappa shape index (κ1) is 22.1. The van der Waals surface area contributed by atoms with Crippen LogP contribution in [0.1, 0.15) is 18.9 Å². The highest BCUT2D eigenvalue weighted by atomic mass is 19.4. The molecule has 174 valence electrons. The fraction of sp³-hybridized carbons (Fsp3) is 0.522. The number of nitrogens with zero attached hydrogens (tertiary/aromatic N) is 3. The second kappa shape index (κ2) is 7.38. The number of benzene rings is 1. The number of morpholine rings is 1. The van der Waals surface area contributed by atoms with E-state index in [2.05, 4.69) is 9.74 Å². The third-order valence-electron chi connectivity index (χ3n) is 7.14. The van der Waals surface area contributed by atoms with E-state index in [0.29, 0.717) is 32.2 Å². The van der Waals surface area contributed by atoms with Gasteiger partial charge in [-0.25, -0.2) is 9.74 Å². The predicted molar refractivity (Wildman–Crippen MR) is 110 cm³/mol. The molecule has 4 heterocycles. The molecule has 0 spiro atoms. The zero-order valence-corrected chi connectivity index (χ0v) is 17.9. The quantitative estimate of drug-likeness (QED) is 0.392. The van der Waals surface area contributed by atoms with Crippen LogP contribution >= 0.6 is 0 Å². The number of imide groups is 1. The molecule has 0 radical (unpaired) electrons. The molecule has 4 atom stereocenters. The molecule has 4 aliphatic rings. The molecular weight excluding hydrogens is 439 g/mol. The molecule has 4 aliphatic heterocycles. The third kappa shape index (κ3) is 3.29. The lowest BCUT2D eigenvalue weighted by Crippen LogP contribution is -2.45. The normalized spacial score (nSPS) is 33.6. The van der Waals surface area contributed by atoms with Crippen LogP contribution in [0.15, 0.2) is 30.4 Å². The molecule has 2 amide bonds. The number of carbonyl (C=O) groups is 2. The number of anilines is 1. The maximum Gasteiger partial charge on any atom is 0.407 e. The summed E-state index contributed by atoms with van der Waals surface area (Å²) in [5.41, 5.74) is -3.91. The average Bonchev–Trinajstić information content (AvgIpc) is 3.37. The van der Waals surface area contributed by atoms with Crippen molar-refractivity contribution in [3.05, 3.63) is 47.3 Å². The Kier molecular flexibility index (Phi) is 4.94. The maximum atomic E-state index is 13.5. The van der Waals surface area contributed by atoms with Gasteiger partial charge in [-0.05, 0) is 25.5 Å². The van der Waals surface area contributed by atoms with Gasteiger partial charge in [0.2, 0.25) is 11.8 Å². The largest absolute Gasteiger partial charge is 0.407 e. The van der Waals surface area contributed by atoms with E-state index in [1.54, 1.807) is 13.0 Å². The molecule has 0 aromatic heterocycles. The average molecular weight is 461 g/mol. The van der Waals surface area contributed by atoms with Gasteiger partial charge < -0.3 is 9.47 Å². The zero-order chi connectivity index (χ0) is 23.6. The minimum Gasteiger partial charge on any atom is -0.379 e. The highest BCUT2D eigenvalue weighted by Gasteiger charge is 2.71. The monoisotopic (exact) mass is 461 g/mol. The second-order valence-corrected chi connectivity index (χ2v) is 9.06. The Balaban J connectivity index is 1.47. The summed E-state index contributed by atoms with van der Waals surface area (Å²) >= 11 is 0. The van der Waals surface area contributed by atoms with E-state index in [-0.39, 0.29) is 5.69 Å². The van der Waals surface area contributed by atoms with E-state index in [1.807, 2.05) is 6.08 Å². The number of halogens is 3. The van der Waals surface area contributed by atoms with Gasteiger partial charge in [0.25, 0.3) is 0 Å². The fourth-order valence-corrected chi connectivity index (χ4v) is 5.55. The van der Waals surface area contributed by atoms with Crippen LogP contribution in [-0.2, 0) is 25.2 Å². The summed E-state index contributed by atoms with van der Waals surface area (Å²) in [4.78, 5) is 32.9. The topological polar surface area (TPSA) is 63.4 Å². The SMILES string of the molecule is [C-]#[N+]c1ccc(N2C(=O)[C@@H]3[C@H](C2=O)C2(C)C=CC3(CCN3CCOCC3)O2)cc1C(F)(F)F. The minimum absolute atomic E-state index is 0.176. The van der Waals surface area contributed by atoms with Gasteiger partial charge in [-0.3, -0.25) is 14.5 Å². The van der Waals surface area contributed by atoms with Gasteiger partial charge in [0.1, 0.15) is 5.60 Å². The first-order valence-corrected chi connectivity index (χ1v) is 10.8. The van der Waals surface area contributed by atoms with Gasteiger partial charge in [0.05, 0.1) is 42.8 Å². The third-order valence-corrected chi connectivity index (χ3v) is 7.14. The molecule has 0 N–H and O–H groups in total. The molecule has 0 aliphatic carbocycles. The van der Waals surface area contributed by atoms with Crippen LogP contribution in [0.25, 0.3) is 4.85 Å². The van der Waals surface area contributed by atoms with Crippen molar-refractivity contribution in [2.75, 3.05) is 37.7 Å². The van der Waals surface area contributed by atoms with Crippen molar-refractivity contribution in [2.45, 2.75) is 30.7 Å². The number of hydrogen-bond acceptors (Lipinski definition) is 5. The molecule has 7 nitrogen and oxygen atoms in total. The molecule has 0 saturated carbocycles. The number of ether oxygens (including phenoxy) is 2. The Morgan fingerprint density at radius 2 is 1.85 bits per heavy atom. The number of hydrogen-bond donors (Lipinski definition) is 0. The molecule has 3 saturated heterocycles. The molecule has 5 rings (SSSR count). The molecule has 3 fully saturated rings. The fourth-order valence-electron chi connectivity index (χ4n) is 5.55. The Hall–Kier alpha value is -2.74. The lowest BCUT2D eigenvalue weighted by Gasteiger charge is -2.33. The Morgan fingerprint density at radius 1 is 1.15 bits per heavy atom. The summed E-state index contributed by atoms with van der Waals surface area (Å²) in [6, 6.07) is 2.93. The van der Waals surface area contributed by atoms with Gasteiger partial charge in [-0.15, -0.1) is 0 Å². The lowest BCUT2D eigenvalue weighted by atomic mass is 9.71. The van der Waals surface area contributed by atoms with Crippen molar-refractivity contribution in [3.8, 4) is 0 Å². The molecule has 1 aromatic rings. The van der Waals surface area contributed by atoms with Crippen LogP contribution in [-0.4, -0.2) is 60.8 Å². The Morgan fingerprint density at radius 3 is 2.52 bits per heavy atom. The smallest absolute Gasteiger partial charge is 0.379 e. The zero-order valence-electron chi connectivity index (χ0n) is 17.9. The van der Waals surface area contributed by atoms with E-state index in [9.17, 15) is 22.8 Å². The summed E-state index contributed by atoms with van der Waals surface area (Å²) < 4.78 is 52.1. The van der Waals surface area contributed by atoms with Crippen LogP contribution < -0.4 is 4.90 Å². The highest BCUT2D eigenvalue weighted by Crippen LogP contribution is 2.59. The number of carbonyl (C=O) groups excluding carboxylic acids is 2. The van der Waals surface area contributed by atoms with Gasteiger partial charge in [-0.1, -0.05) is 18.2 Å².